The topological polar surface area (TPSA) is 68.4 Å². The van der Waals surface area contributed by atoms with Crippen molar-refractivity contribution in [2.75, 3.05) is 0 Å². The third-order valence-corrected chi connectivity index (χ3v) is 3.74. The predicted molar refractivity (Wildman–Crippen MR) is 80.5 cm³/mol. The first-order valence-electron chi connectivity index (χ1n) is 6.05. The number of nitrogens with zero attached hydrogens (tertiary/aromatic N) is 2. The van der Waals surface area contributed by atoms with Gasteiger partial charge in [-0.2, -0.15) is 4.98 Å². The summed E-state index contributed by atoms with van der Waals surface area (Å²) in [6.07, 6.45) is 0. The van der Waals surface area contributed by atoms with Gasteiger partial charge in [0.15, 0.2) is 6.61 Å². The normalized spacial score (nSPS) is 11.1. The summed E-state index contributed by atoms with van der Waals surface area (Å²) in [5.41, 5.74) is 0.790. The summed E-state index contributed by atoms with van der Waals surface area (Å²) in [5, 5.41) is 13.0. The van der Waals surface area contributed by atoms with Crippen LogP contribution in [0.1, 0.15) is 37.0 Å². The number of aliphatic hydroxyl groups is 1. The van der Waals surface area contributed by atoms with Gasteiger partial charge >= 0.3 is 0 Å². The van der Waals surface area contributed by atoms with E-state index in [4.69, 9.17) is 14.4 Å². The average molecular weight is 406 g/mol. The maximum Gasteiger partial charge on any atom is 0.229 e. The molecule has 0 aliphatic rings. The Balaban J connectivity index is 2.10. The van der Waals surface area contributed by atoms with E-state index in [1.807, 2.05) is 13.8 Å². The summed E-state index contributed by atoms with van der Waals surface area (Å²) in [6, 6.07) is 3.60. The molecule has 1 N–H and O–H groups in total. The number of rotatable bonds is 5. The Morgan fingerprint density at radius 3 is 2.45 bits per heavy atom. The summed E-state index contributed by atoms with van der Waals surface area (Å²) < 4.78 is 12.3. The fraction of sp³-hybridized carbons (Fsp3) is 0.385. The van der Waals surface area contributed by atoms with E-state index < -0.39 is 0 Å². The molecule has 1 aromatic heterocycles. The lowest BCUT2D eigenvalue weighted by molar-refractivity contribution is 0.276. The molecule has 0 fully saturated rings. The highest BCUT2D eigenvalue weighted by Gasteiger charge is 2.13. The Morgan fingerprint density at radius 2 is 1.95 bits per heavy atom. The Kier molecular flexibility index (Phi) is 5.17. The molecule has 0 amide bonds. The largest absolute Gasteiger partial charge is 0.483 e. The first-order chi connectivity index (χ1) is 9.51. The van der Waals surface area contributed by atoms with Gasteiger partial charge in [0.2, 0.25) is 11.7 Å². The van der Waals surface area contributed by atoms with Crippen molar-refractivity contribution >= 4 is 31.9 Å². The summed E-state index contributed by atoms with van der Waals surface area (Å²) in [6.45, 7) is 4.16. The van der Waals surface area contributed by atoms with Crippen molar-refractivity contribution in [2.24, 2.45) is 0 Å². The Labute approximate surface area is 133 Å². The van der Waals surface area contributed by atoms with Crippen molar-refractivity contribution < 1.29 is 14.4 Å². The molecule has 0 aliphatic carbocycles. The van der Waals surface area contributed by atoms with Crippen LogP contribution < -0.4 is 4.74 Å². The number of aromatic nitrogens is 2. The molecule has 2 rings (SSSR count). The van der Waals surface area contributed by atoms with Crippen LogP contribution in [0.5, 0.6) is 5.75 Å². The van der Waals surface area contributed by atoms with Gasteiger partial charge < -0.3 is 14.4 Å². The second-order valence-electron chi connectivity index (χ2n) is 4.54. The lowest BCUT2D eigenvalue weighted by atomic mass is 10.2. The fourth-order valence-corrected chi connectivity index (χ4v) is 3.05. The third kappa shape index (κ3) is 3.59. The van der Waals surface area contributed by atoms with Crippen LogP contribution in [0, 0.1) is 0 Å². The van der Waals surface area contributed by atoms with E-state index in [0.29, 0.717) is 17.5 Å². The second-order valence-corrected chi connectivity index (χ2v) is 6.25. The zero-order valence-corrected chi connectivity index (χ0v) is 14.2. The maximum atomic E-state index is 9.13. The molecule has 2 aromatic rings. The first kappa shape index (κ1) is 15.5. The molecule has 108 valence electrons. The van der Waals surface area contributed by atoms with Gasteiger partial charge in [0.05, 0.1) is 15.6 Å². The maximum absolute atomic E-state index is 9.13. The summed E-state index contributed by atoms with van der Waals surface area (Å²) in [5.74, 6) is 1.92. The Hall–Kier alpha value is -0.920. The van der Waals surface area contributed by atoms with Gasteiger partial charge in [0.1, 0.15) is 5.75 Å². The molecule has 0 atom stereocenters. The van der Waals surface area contributed by atoms with Gasteiger partial charge in [-0.25, -0.2) is 0 Å². The minimum absolute atomic E-state index is 0.0277. The van der Waals surface area contributed by atoms with E-state index in [1.165, 1.54) is 0 Å². The van der Waals surface area contributed by atoms with Crippen LogP contribution in [-0.2, 0) is 13.2 Å². The Morgan fingerprint density at radius 1 is 1.30 bits per heavy atom. The van der Waals surface area contributed by atoms with Gasteiger partial charge in [-0.15, -0.1) is 0 Å². The molecule has 0 radical (unpaired) electrons. The highest BCUT2D eigenvalue weighted by molar-refractivity contribution is 9.11. The summed E-state index contributed by atoms with van der Waals surface area (Å²) >= 11 is 6.82. The number of benzene rings is 1. The van der Waals surface area contributed by atoms with Crippen LogP contribution in [0.25, 0.3) is 0 Å². The minimum Gasteiger partial charge on any atom is -0.483 e. The molecule has 0 saturated carbocycles. The number of halogens is 2. The van der Waals surface area contributed by atoms with Gasteiger partial charge in [-0.3, -0.25) is 0 Å². The molecule has 1 aromatic carbocycles. The monoisotopic (exact) mass is 404 g/mol. The van der Waals surface area contributed by atoms with Crippen molar-refractivity contribution in [1.82, 2.24) is 10.1 Å². The van der Waals surface area contributed by atoms with E-state index >= 15 is 0 Å². The van der Waals surface area contributed by atoms with Gasteiger partial charge in [0, 0.05) is 5.92 Å². The van der Waals surface area contributed by atoms with Gasteiger partial charge in [-0.05, 0) is 49.6 Å². The quantitative estimate of drug-likeness (QED) is 0.819. The summed E-state index contributed by atoms with van der Waals surface area (Å²) in [4.78, 5) is 4.24. The predicted octanol–water partition coefficient (Wildman–Crippen LogP) is 3.79. The van der Waals surface area contributed by atoms with Crippen LogP contribution in [0.3, 0.4) is 0 Å². The van der Waals surface area contributed by atoms with Crippen molar-refractivity contribution in [3.63, 3.8) is 0 Å². The van der Waals surface area contributed by atoms with E-state index in [1.54, 1.807) is 12.1 Å². The van der Waals surface area contributed by atoms with E-state index in [9.17, 15) is 0 Å². The second kappa shape index (κ2) is 6.69. The number of aliphatic hydroxyl groups excluding tert-OH is 1. The number of hydrogen-bond acceptors (Lipinski definition) is 5. The highest BCUT2D eigenvalue weighted by Crippen LogP contribution is 2.35. The van der Waals surface area contributed by atoms with Crippen LogP contribution >= 0.6 is 31.9 Å². The van der Waals surface area contributed by atoms with Crippen LogP contribution in [0.2, 0.25) is 0 Å². The number of hydrogen-bond donors (Lipinski definition) is 1. The van der Waals surface area contributed by atoms with Crippen molar-refractivity contribution in [2.45, 2.75) is 33.0 Å². The molecular formula is C13H14Br2N2O3. The van der Waals surface area contributed by atoms with Crippen LogP contribution in [0.4, 0.5) is 0 Å². The lowest BCUT2D eigenvalue weighted by Crippen LogP contribution is -2.00. The zero-order chi connectivity index (χ0) is 14.7. The molecule has 20 heavy (non-hydrogen) atoms. The van der Waals surface area contributed by atoms with Crippen LogP contribution in [-0.4, -0.2) is 15.2 Å². The lowest BCUT2D eigenvalue weighted by Gasteiger charge is -2.10. The van der Waals surface area contributed by atoms with Crippen molar-refractivity contribution in [3.05, 3.63) is 38.4 Å². The molecule has 0 bridgehead atoms. The molecule has 0 spiro atoms. The van der Waals surface area contributed by atoms with E-state index in [2.05, 4.69) is 42.0 Å². The van der Waals surface area contributed by atoms with Crippen molar-refractivity contribution in [1.29, 1.82) is 0 Å². The van der Waals surface area contributed by atoms with Crippen LogP contribution in [0.15, 0.2) is 25.6 Å². The fourth-order valence-electron chi connectivity index (χ4n) is 1.54. The average Bonchev–Trinajstić information content (AvgIpc) is 2.86. The standard InChI is InChI=1S/C13H14Br2N2O3/c1-7(2)13-16-11(17-20-13)6-19-12-9(14)3-8(5-18)4-10(12)15/h3-4,7,18H,5-6H2,1-2H3. The molecule has 0 aliphatic heterocycles. The molecule has 0 saturated heterocycles. The molecule has 1 heterocycles. The van der Waals surface area contributed by atoms with Gasteiger partial charge in [0.25, 0.3) is 0 Å². The summed E-state index contributed by atoms with van der Waals surface area (Å²) in [7, 11) is 0. The number of ether oxygens (including phenoxy) is 1. The van der Waals surface area contributed by atoms with Gasteiger partial charge in [-0.1, -0.05) is 19.0 Å². The van der Waals surface area contributed by atoms with E-state index in [0.717, 1.165) is 14.5 Å². The minimum atomic E-state index is -0.0277. The molecule has 0 unspecified atom stereocenters. The zero-order valence-electron chi connectivity index (χ0n) is 11.1. The smallest absolute Gasteiger partial charge is 0.229 e. The first-order valence-corrected chi connectivity index (χ1v) is 7.64. The van der Waals surface area contributed by atoms with E-state index in [-0.39, 0.29) is 19.1 Å². The molecule has 5 nitrogen and oxygen atoms in total. The highest BCUT2D eigenvalue weighted by atomic mass is 79.9. The molecular weight excluding hydrogens is 392 g/mol. The third-order valence-electron chi connectivity index (χ3n) is 2.56. The molecule has 7 heteroatoms. The Bertz CT molecular complexity index is 576. The SMILES string of the molecule is CC(C)c1nc(COc2c(Br)cc(CO)cc2Br)no1. The van der Waals surface area contributed by atoms with Crippen molar-refractivity contribution in [3.8, 4) is 5.75 Å².